The standard InChI is InChI=1S/C15H22N2O2/c1-16-6-7-17(2)13(10-16)15(18)12-3-4-14-11(9-12)5-8-19-14/h3-4,9,13,15,18H,5-8,10H2,1-2H3. The highest BCUT2D eigenvalue weighted by molar-refractivity contribution is 5.40. The maximum absolute atomic E-state index is 10.7. The Bertz CT molecular complexity index is 463. The van der Waals surface area contributed by atoms with Gasteiger partial charge in [0.1, 0.15) is 5.75 Å². The number of hydrogen-bond acceptors (Lipinski definition) is 4. The van der Waals surface area contributed by atoms with Crippen LogP contribution in [0.5, 0.6) is 5.75 Å². The van der Waals surface area contributed by atoms with E-state index in [1.54, 1.807) is 0 Å². The van der Waals surface area contributed by atoms with Gasteiger partial charge in [-0.15, -0.1) is 0 Å². The molecule has 0 saturated carbocycles. The number of piperazine rings is 1. The van der Waals surface area contributed by atoms with Crippen molar-refractivity contribution in [3.63, 3.8) is 0 Å². The molecule has 0 spiro atoms. The second kappa shape index (κ2) is 5.12. The summed E-state index contributed by atoms with van der Waals surface area (Å²) in [6.45, 7) is 3.75. The van der Waals surface area contributed by atoms with Crippen LogP contribution >= 0.6 is 0 Å². The van der Waals surface area contributed by atoms with E-state index in [-0.39, 0.29) is 6.04 Å². The molecule has 1 saturated heterocycles. The minimum Gasteiger partial charge on any atom is -0.493 e. The first-order chi connectivity index (χ1) is 9.15. The average molecular weight is 262 g/mol. The molecule has 19 heavy (non-hydrogen) atoms. The van der Waals surface area contributed by atoms with Crippen LogP contribution < -0.4 is 4.74 Å². The zero-order chi connectivity index (χ0) is 13.4. The number of hydrogen-bond donors (Lipinski definition) is 1. The van der Waals surface area contributed by atoms with E-state index in [4.69, 9.17) is 4.74 Å². The molecule has 0 bridgehead atoms. The van der Waals surface area contributed by atoms with Crippen LogP contribution in [0.2, 0.25) is 0 Å². The number of rotatable bonds is 2. The summed E-state index contributed by atoms with van der Waals surface area (Å²) in [6, 6.07) is 6.26. The zero-order valence-corrected chi connectivity index (χ0v) is 11.7. The molecule has 1 fully saturated rings. The largest absolute Gasteiger partial charge is 0.493 e. The van der Waals surface area contributed by atoms with Crippen molar-refractivity contribution in [3.05, 3.63) is 29.3 Å². The molecule has 0 aliphatic carbocycles. The molecular weight excluding hydrogens is 240 g/mol. The van der Waals surface area contributed by atoms with Crippen molar-refractivity contribution in [3.8, 4) is 5.75 Å². The van der Waals surface area contributed by atoms with Gasteiger partial charge in [0.2, 0.25) is 0 Å². The molecule has 2 heterocycles. The van der Waals surface area contributed by atoms with Crippen molar-refractivity contribution in [1.82, 2.24) is 9.80 Å². The summed E-state index contributed by atoms with van der Waals surface area (Å²) < 4.78 is 5.52. The smallest absolute Gasteiger partial charge is 0.122 e. The third kappa shape index (κ3) is 2.48. The van der Waals surface area contributed by atoms with E-state index in [1.165, 1.54) is 5.56 Å². The fourth-order valence-electron chi connectivity index (χ4n) is 3.00. The number of likely N-dealkylation sites (N-methyl/N-ethyl adjacent to an activating group) is 2. The maximum atomic E-state index is 10.7. The van der Waals surface area contributed by atoms with Crippen LogP contribution in [0.4, 0.5) is 0 Å². The van der Waals surface area contributed by atoms with Crippen LogP contribution in [0.15, 0.2) is 18.2 Å². The number of aliphatic hydroxyl groups is 1. The number of benzene rings is 1. The van der Waals surface area contributed by atoms with Crippen molar-refractivity contribution < 1.29 is 9.84 Å². The van der Waals surface area contributed by atoms with Gasteiger partial charge in [0.25, 0.3) is 0 Å². The molecule has 0 radical (unpaired) electrons. The third-order valence-corrected chi connectivity index (χ3v) is 4.32. The predicted molar refractivity (Wildman–Crippen MR) is 74.5 cm³/mol. The molecule has 2 atom stereocenters. The Morgan fingerprint density at radius 1 is 1.32 bits per heavy atom. The first-order valence-electron chi connectivity index (χ1n) is 6.97. The van der Waals surface area contributed by atoms with Crippen LogP contribution in [-0.2, 0) is 6.42 Å². The number of fused-ring (bicyclic) bond motifs is 1. The van der Waals surface area contributed by atoms with Gasteiger partial charge >= 0.3 is 0 Å². The summed E-state index contributed by atoms with van der Waals surface area (Å²) >= 11 is 0. The molecule has 104 valence electrons. The first-order valence-corrected chi connectivity index (χ1v) is 6.97. The van der Waals surface area contributed by atoms with Gasteiger partial charge in [0, 0.05) is 26.1 Å². The summed E-state index contributed by atoms with van der Waals surface area (Å²) in [4.78, 5) is 4.54. The van der Waals surface area contributed by atoms with E-state index in [9.17, 15) is 5.11 Å². The van der Waals surface area contributed by atoms with Crippen LogP contribution in [-0.4, -0.2) is 61.3 Å². The zero-order valence-electron chi connectivity index (χ0n) is 11.7. The van der Waals surface area contributed by atoms with Gasteiger partial charge in [0.05, 0.1) is 18.8 Å². The fraction of sp³-hybridized carbons (Fsp3) is 0.600. The highest BCUT2D eigenvalue weighted by Gasteiger charge is 2.30. The molecule has 4 nitrogen and oxygen atoms in total. The van der Waals surface area contributed by atoms with Crippen molar-refractivity contribution in [1.29, 1.82) is 0 Å². The van der Waals surface area contributed by atoms with Gasteiger partial charge in [-0.25, -0.2) is 0 Å². The molecule has 1 N–H and O–H groups in total. The van der Waals surface area contributed by atoms with E-state index in [1.807, 2.05) is 12.1 Å². The second-order valence-corrected chi connectivity index (χ2v) is 5.72. The fourth-order valence-corrected chi connectivity index (χ4v) is 3.00. The van der Waals surface area contributed by atoms with E-state index >= 15 is 0 Å². The molecule has 1 aromatic carbocycles. The van der Waals surface area contributed by atoms with Crippen molar-refractivity contribution in [2.24, 2.45) is 0 Å². The lowest BCUT2D eigenvalue weighted by atomic mass is 9.97. The van der Waals surface area contributed by atoms with Gasteiger partial charge in [0.15, 0.2) is 0 Å². The van der Waals surface area contributed by atoms with E-state index in [0.717, 1.165) is 44.0 Å². The molecule has 3 rings (SSSR count). The lowest BCUT2D eigenvalue weighted by Gasteiger charge is -2.40. The summed E-state index contributed by atoms with van der Waals surface area (Å²) in [5, 5.41) is 10.7. The predicted octanol–water partition coefficient (Wildman–Crippen LogP) is 0.901. The number of nitrogens with zero attached hydrogens (tertiary/aromatic N) is 2. The molecule has 0 amide bonds. The molecule has 1 aromatic rings. The molecule has 0 aromatic heterocycles. The number of aliphatic hydroxyl groups excluding tert-OH is 1. The Morgan fingerprint density at radius 3 is 3.00 bits per heavy atom. The molecular formula is C15H22N2O2. The highest BCUT2D eigenvalue weighted by Crippen LogP contribution is 2.30. The van der Waals surface area contributed by atoms with Crippen LogP contribution in [0.1, 0.15) is 17.2 Å². The van der Waals surface area contributed by atoms with Crippen LogP contribution in [0, 0.1) is 0 Å². The van der Waals surface area contributed by atoms with Crippen molar-refractivity contribution in [2.45, 2.75) is 18.6 Å². The Balaban J connectivity index is 1.81. The average Bonchev–Trinajstić information content (AvgIpc) is 2.88. The summed E-state index contributed by atoms with van der Waals surface area (Å²) in [5.41, 5.74) is 2.24. The van der Waals surface area contributed by atoms with E-state index in [2.05, 4.69) is 30.0 Å². The van der Waals surface area contributed by atoms with Gasteiger partial charge in [-0.1, -0.05) is 6.07 Å². The third-order valence-electron chi connectivity index (χ3n) is 4.32. The Labute approximate surface area is 114 Å². The second-order valence-electron chi connectivity index (χ2n) is 5.72. The van der Waals surface area contributed by atoms with Crippen LogP contribution in [0.25, 0.3) is 0 Å². The molecule has 2 aliphatic rings. The first kappa shape index (κ1) is 12.9. The van der Waals surface area contributed by atoms with E-state index in [0.29, 0.717) is 0 Å². The Kier molecular flexibility index (Phi) is 3.48. The minimum absolute atomic E-state index is 0.166. The quantitative estimate of drug-likeness (QED) is 0.859. The number of ether oxygens (including phenoxy) is 1. The molecule has 2 aliphatic heterocycles. The highest BCUT2D eigenvalue weighted by atomic mass is 16.5. The Hall–Kier alpha value is -1.10. The summed E-state index contributed by atoms with van der Waals surface area (Å²) in [5.74, 6) is 0.977. The normalized spacial score (nSPS) is 25.9. The SMILES string of the molecule is CN1CCN(C)C(C(O)c2ccc3c(c2)CCO3)C1. The lowest BCUT2D eigenvalue weighted by molar-refractivity contribution is 0.0138. The topological polar surface area (TPSA) is 35.9 Å². The lowest BCUT2D eigenvalue weighted by Crippen LogP contribution is -2.52. The monoisotopic (exact) mass is 262 g/mol. The summed E-state index contributed by atoms with van der Waals surface area (Å²) in [7, 11) is 4.21. The van der Waals surface area contributed by atoms with Crippen molar-refractivity contribution >= 4 is 0 Å². The van der Waals surface area contributed by atoms with Crippen molar-refractivity contribution in [2.75, 3.05) is 40.3 Å². The van der Waals surface area contributed by atoms with Gasteiger partial charge in [-0.2, -0.15) is 0 Å². The van der Waals surface area contributed by atoms with Gasteiger partial charge < -0.3 is 14.7 Å². The Morgan fingerprint density at radius 2 is 2.16 bits per heavy atom. The van der Waals surface area contributed by atoms with Gasteiger partial charge in [-0.05, 0) is 37.4 Å². The molecule has 2 unspecified atom stereocenters. The van der Waals surface area contributed by atoms with Crippen LogP contribution in [0.3, 0.4) is 0 Å². The van der Waals surface area contributed by atoms with Gasteiger partial charge in [-0.3, -0.25) is 4.90 Å². The molecule has 4 heteroatoms. The summed E-state index contributed by atoms with van der Waals surface area (Å²) in [6.07, 6.45) is 0.523. The maximum Gasteiger partial charge on any atom is 0.122 e. The van der Waals surface area contributed by atoms with E-state index < -0.39 is 6.10 Å². The minimum atomic E-state index is -0.432.